The number of methoxy groups -OCH3 is 1. The van der Waals surface area contributed by atoms with Gasteiger partial charge in [-0.2, -0.15) is 0 Å². The largest absolute Gasteiger partial charge is 0.388 e. The number of nitrogens with one attached hydrogen (secondary N) is 1. The molecular weight excluding hydrogens is 325 g/mol. The van der Waals surface area contributed by atoms with E-state index in [1.807, 2.05) is 6.92 Å². The van der Waals surface area contributed by atoms with E-state index in [1.54, 1.807) is 6.92 Å². The van der Waals surface area contributed by atoms with E-state index in [-0.39, 0.29) is 24.7 Å². The molecule has 2 rings (SSSR count). The summed E-state index contributed by atoms with van der Waals surface area (Å²) in [6.07, 6.45) is -2.03. The summed E-state index contributed by atoms with van der Waals surface area (Å²) in [5.41, 5.74) is 0. The van der Waals surface area contributed by atoms with Crippen molar-refractivity contribution in [2.75, 3.05) is 33.0 Å². The first-order chi connectivity index (χ1) is 10.9. The Morgan fingerprint density at radius 3 is 2.65 bits per heavy atom. The lowest BCUT2D eigenvalue weighted by atomic mass is 10.1. The van der Waals surface area contributed by atoms with Gasteiger partial charge in [-0.1, -0.05) is 0 Å². The second kappa shape index (κ2) is 8.36. The first-order valence-electron chi connectivity index (χ1n) is 8.05. The van der Waals surface area contributed by atoms with Crippen LogP contribution in [0.1, 0.15) is 20.3 Å². The molecule has 0 radical (unpaired) electrons. The maximum atomic E-state index is 12.9. The highest BCUT2D eigenvalue weighted by atomic mass is 31.2. The van der Waals surface area contributed by atoms with E-state index >= 15 is 0 Å². The standard InChI is InChI=1S/C14H28NO7P/c1-4-21-23(18,8-10-5-6-20-14(10)17)15-7-11-12(16)13(19-3)9(2)22-11/h9-14,16-17H,4-8H2,1-3H3,(H,15,18)/t9-,10+,11+,12+,13-,14-,23?/m0/s1. The zero-order valence-electron chi connectivity index (χ0n) is 13.9. The predicted octanol–water partition coefficient (Wildman–Crippen LogP) is 0.324. The van der Waals surface area contributed by atoms with Crippen LogP contribution in [-0.2, 0) is 23.3 Å². The normalized spacial score (nSPS) is 40.4. The van der Waals surface area contributed by atoms with Crippen LogP contribution in [0.3, 0.4) is 0 Å². The Morgan fingerprint density at radius 2 is 2.13 bits per heavy atom. The molecule has 9 heteroatoms. The highest BCUT2D eigenvalue weighted by Gasteiger charge is 2.43. The summed E-state index contributed by atoms with van der Waals surface area (Å²) in [5.74, 6) is -0.222. The van der Waals surface area contributed by atoms with Crippen molar-refractivity contribution in [1.82, 2.24) is 5.09 Å². The van der Waals surface area contributed by atoms with Crippen LogP contribution in [0, 0.1) is 5.92 Å². The molecule has 2 saturated heterocycles. The zero-order chi connectivity index (χ0) is 17.0. The number of aliphatic hydroxyl groups excluding tert-OH is 2. The van der Waals surface area contributed by atoms with E-state index < -0.39 is 32.1 Å². The third-order valence-corrected chi connectivity index (χ3v) is 6.66. The van der Waals surface area contributed by atoms with Gasteiger partial charge in [-0.3, -0.25) is 4.57 Å². The number of hydrogen-bond donors (Lipinski definition) is 3. The molecule has 0 bridgehead atoms. The van der Waals surface area contributed by atoms with Gasteiger partial charge in [0.2, 0.25) is 0 Å². The lowest BCUT2D eigenvalue weighted by Gasteiger charge is -2.25. The van der Waals surface area contributed by atoms with Crippen LogP contribution >= 0.6 is 7.52 Å². The van der Waals surface area contributed by atoms with E-state index in [0.717, 1.165) is 0 Å². The lowest BCUT2D eigenvalue weighted by Crippen LogP contribution is -2.38. The Kier molecular flexibility index (Phi) is 7.01. The van der Waals surface area contributed by atoms with Crippen molar-refractivity contribution in [1.29, 1.82) is 0 Å². The van der Waals surface area contributed by atoms with Crippen LogP contribution in [0.2, 0.25) is 0 Å². The molecule has 2 heterocycles. The van der Waals surface area contributed by atoms with Gasteiger partial charge in [0.05, 0.1) is 25.4 Å². The van der Waals surface area contributed by atoms with E-state index in [0.29, 0.717) is 19.6 Å². The molecule has 3 N–H and O–H groups in total. The molecule has 2 aliphatic rings. The van der Waals surface area contributed by atoms with Gasteiger partial charge in [-0.25, -0.2) is 5.09 Å². The summed E-state index contributed by atoms with van der Waals surface area (Å²) in [7, 11) is -1.63. The van der Waals surface area contributed by atoms with Crippen LogP contribution < -0.4 is 5.09 Å². The highest BCUT2D eigenvalue weighted by Crippen LogP contribution is 2.46. The second-order valence-electron chi connectivity index (χ2n) is 6.02. The quantitative estimate of drug-likeness (QED) is 0.536. The first kappa shape index (κ1) is 19.3. The number of hydrogen-bond acceptors (Lipinski definition) is 7. The van der Waals surface area contributed by atoms with Crippen molar-refractivity contribution in [3.05, 3.63) is 0 Å². The van der Waals surface area contributed by atoms with Gasteiger partial charge >= 0.3 is 0 Å². The first-order valence-corrected chi connectivity index (χ1v) is 9.86. The fourth-order valence-electron chi connectivity index (χ4n) is 3.13. The number of aliphatic hydroxyl groups is 2. The molecule has 136 valence electrons. The van der Waals surface area contributed by atoms with Gasteiger partial charge in [0.25, 0.3) is 7.52 Å². The van der Waals surface area contributed by atoms with Crippen molar-refractivity contribution in [2.24, 2.45) is 5.92 Å². The number of ether oxygens (including phenoxy) is 3. The van der Waals surface area contributed by atoms with Crippen molar-refractivity contribution >= 4 is 7.52 Å². The van der Waals surface area contributed by atoms with E-state index in [9.17, 15) is 14.8 Å². The molecule has 0 aromatic rings. The summed E-state index contributed by atoms with van der Waals surface area (Å²) >= 11 is 0. The Labute approximate surface area is 136 Å². The van der Waals surface area contributed by atoms with Crippen LogP contribution in [0.25, 0.3) is 0 Å². The third kappa shape index (κ3) is 4.74. The molecule has 0 aromatic heterocycles. The lowest BCUT2D eigenvalue weighted by molar-refractivity contribution is -0.0784. The van der Waals surface area contributed by atoms with Crippen molar-refractivity contribution in [3.63, 3.8) is 0 Å². The van der Waals surface area contributed by atoms with Gasteiger partial charge in [0.1, 0.15) is 12.2 Å². The summed E-state index contributed by atoms with van der Waals surface area (Å²) in [5, 5.41) is 22.8. The van der Waals surface area contributed by atoms with E-state index in [4.69, 9.17) is 18.7 Å². The summed E-state index contributed by atoms with van der Waals surface area (Å²) < 4.78 is 34.3. The molecular formula is C14H28NO7P. The van der Waals surface area contributed by atoms with Crippen LogP contribution in [0.5, 0.6) is 0 Å². The minimum atomic E-state index is -3.15. The molecule has 8 nitrogen and oxygen atoms in total. The molecule has 0 amide bonds. The van der Waals surface area contributed by atoms with E-state index in [1.165, 1.54) is 7.11 Å². The van der Waals surface area contributed by atoms with Crippen molar-refractivity contribution < 1.29 is 33.5 Å². The third-order valence-electron chi connectivity index (χ3n) is 4.37. The van der Waals surface area contributed by atoms with Gasteiger partial charge in [-0.15, -0.1) is 0 Å². The molecule has 2 aliphatic heterocycles. The summed E-state index contributed by atoms with van der Waals surface area (Å²) in [4.78, 5) is 0. The predicted molar refractivity (Wildman–Crippen MR) is 83.3 cm³/mol. The van der Waals surface area contributed by atoms with Gasteiger partial charge < -0.3 is 28.9 Å². The molecule has 0 saturated carbocycles. The number of rotatable bonds is 8. The Bertz CT molecular complexity index is 424. The summed E-state index contributed by atoms with van der Waals surface area (Å²) in [6, 6.07) is 0. The maximum absolute atomic E-state index is 12.9. The average molecular weight is 353 g/mol. The maximum Gasteiger partial charge on any atom is 0.270 e. The molecule has 1 unspecified atom stereocenters. The van der Waals surface area contributed by atoms with Gasteiger partial charge in [-0.05, 0) is 20.3 Å². The van der Waals surface area contributed by atoms with Gasteiger partial charge in [0.15, 0.2) is 6.29 Å². The average Bonchev–Trinajstić information content (AvgIpc) is 3.01. The fraction of sp³-hybridized carbons (Fsp3) is 1.00. The SMILES string of the molecule is CCOP(=O)(C[C@H]1CCO[C@@H]1O)NC[C@H]1O[C@@H](C)[C@H](OC)[C@@H]1O. The van der Waals surface area contributed by atoms with Crippen LogP contribution in [0.4, 0.5) is 0 Å². The summed E-state index contributed by atoms with van der Waals surface area (Å²) in [6.45, 7) is 4.52. The second-order valence-corrected chi connectivity index (χ2v) is 8.30. The van der Waals surface area contributed by atoms with Crippen molar-refractivity contribution in [3.8, 4) is 0 Å². The molecule has 0 spiro atoms. The Morgan fingerprint density at radius 1 is 1.39 bits per heavy atom. The minimum Gasteiger partial charge on any atom is -0.388 e. The molecule has 2 fully saturated rings. The van der Waals surface area contributed by atoms with E-state index in [2.05, 4.69) is 5.09 Å². The van der Waals surface area contributed by atoms with Crippen LogP contribution in [-0.4, -0.2) is 73.9 Å². The van der Waals surface area contributed by atoms with Crippen LogP contribution in [0.15, 0.2) is 0 Å². The topological polar surface area (TPSA) is 106 Å². The monoisotopic (exact) mass is 353 g/mol. The van der Waals surface area contributed by atoms with Gasteiger partial charge in [0, 0.05) is 25.7 Å². The smallest absolute Gasteiger partial charge is 0.270 e. The fourth-order valence-corrected chi connectivity index (χ4v) is 5.31. The highest BCUT2D eigenvalue weighted by molar-refractivity contribution is 7.56. The Hall–Kier alpha value is -0.0500. The molecule has 23 heavy (non-hydrogen) atoms. The Balaban J connectivity index is 1.92. The molecule has 7 atom stereocenters. The minimum absolute atomic E-state index is 0.187. The molecule has 0 aromatic carbocycles. The zero-order valence-corrected chi connectivity index (χ0v) is 14.8. The molecule has 0 aliphatic carbocycles. The van der Waals surface area contributed by atoms with Crippen molar-refractivity contribution in [2.45, 2.75) is 51.0 Å².